The fraction of sp³-hybridized carbons (Fsp3) is 0. The van der Waals surface area contributed by atoms with Gasteiger partial charge >= 0.3 is 0 Å². The zero-order valence-corrected chi connectivity index (χ0v) is 13.7. The smallest absolute Gasteiger partial charge is 0.271 e. The maximum Gasteiger partial charge on any atom is 0.271 e. The Morgan fingerprint density at radius 1 is 1.08 bits per heavy atom. The van der Waals surface area contributed by atoms with E-state index in [1.165, 1.54) is 12.1 Å². The summed E-state index contributed by atoms with van der Waals surface area (Å²) >= 11 is 1.59. The number of hydrogen-bond donors (Lipinski definition) is 1. The van der Waals surface area contributed by atoms with Gasteiger partial charge < -0.3 is 5.32 Å². The molecule has 122 valence electrons. The molecule has 0 unspecified atom stereocenters. The summed E-state index contributed by atoms with van der Waals surface area (Å²) in [5.74, 6) is 0.406. The highest BCUT2D eigenvalue weighted by molar-refractivity contribution is 7.17. The predicted molar refractivity (Wildman–Crippen MR) is 99.2 cm³/mol. The molecule has 4 aromatic rings. The van der Waals surface area contributed by atoms with E-state index in [1.807, 2.05) is 30.3 Å². The molecule has 0 radical (unpaired) electrons. The van der Waals surface area contributed by atoms with Crippen LogP contribution in [0.4, 0.5) is 17.3 Å². The predicted octanol–water partition coefficient (Wildman–Crippen LogP) is 5.01. The van der Waals surface area contributed by atoms with Gasteiger partial charge in [-0.15, -0.1) is 11.3 Å². The van der Waals surface area contributed by atoms with Crippen molar-refractivity contribution in [2.24, 2.45) is 0 Å². The van der Waals surface area contributed by atoms with Crippen molar-refractivity contribution in [2.45, 2.75) is 0 Å². The molecular formula is C18H12N4O2S. The molecule has 25 heavy (non-hydrogen) atoms. The van der Waals surface area contributed by atoms with Gasteiger partial charge in [-0.3, -0.25) is 10.1 Å². The van der Waals surface area contributed by atoms with Crippen LogP contribution in [0.2, 0.25) is 0 Å². The fourth-order valence-electron chi connectivity index (χ4n) is 2.54. The molecule has 1 N–H and O–H groups in total. The van der Waals surface area contributed by atoms with Crippen molar-refractivity contribution in [1.29, 1.82) is 0 Å². The number of nitro benzene ring substituents is 1. The lowest BCUT2D eigenvalue weighted by atomic mass is 10.1. The average Bonchev–Trinajstić information content (AvgIpc) is 3.06. The highest BCUT2D eigenvalue weighted by Crippen LogP contribution is 2.33. The number of benzene rings is 2. The number of nitrogens with one attached hydrogen (secondary N) is 1. The van der Waals surface area contributed by atoms with Crippen LogP contribution in [0.3, 0.4) is 0 Å². The second-order valence-corrected chi connectivity index (χ2v) is 6.27. The first-order chi connectivity index (χ1) is 12.2. The molecular weight excluding hydrogens is 336 g/mol. The topological polar surface area (TPSA) is 81.0 Å². The molecule has 2 aromatic heterocycles. The number of nitrogens with zero attached hydrogens (tertiary/aromatic N) is 3. The summed E-state index contributed by atoms with van der Waals surface area (Å²) in [5, 5.41) is 16.0. The molecule has 4 rings (SSSR count). The van der Waals surface area contributed by atoms with Gasteiger partial charge in [-0.1, -0.05) is 36.4 Å². The van der Waals surface area contributed by atoms with Crippen LogP contribution in [0.25, 0.3) is 21.3 Å². The van der Waals surface area contributed by atoms with E-state index in [4.69, 9.17) is 0 Å². The molecule has 0 saturated heterocycles. The Morgan fingerprint density at radius 3 is 2.72 bits per heavy atom. The van der Waals surface area contributed by atoms with Crippen LogP contribution >= 0.6 is 11.3 Å². The molecule has 0 aliphatic carbocycles. The number of nitro groups is 1. The number of aromatic nitrogens is 2. The molecule has 0 fully saturated rings. The Morgan fingerprint density at radius 2 is 1.92 bits per heavy atom. The summed E-state index contributed by atoms with van der Waals surface area (Å²) in [7, 11) is 0. The number of fused-ring (bicyclic) bond motifs is 1. The third-order valence-corrected chi connectivity index (χ3v) is 4.62. The summed E-state index contributed by atoms with van der Waals surface area (Å²) in [4.78, 5) is 19.4. The summed E-state index contributed by atoms with van der Waals surface area (Å²) < 4.78 is 0.989. The number of anilines is 2. The van der Waals surface area contributed by atoms with Gasteiger partial charge in [-0.05, 0) is 11.6 Å². The lowest BCUT2D eigenvalue weighted by Crippen LogP contribution is -1.97. The summed E-state index contributed by atoms with van der Waals surface area (Å²) in [5.41, 5.74) is 3.59. The van der Waals surface area contributed by atoms with Gasteiger partial charge in [0.05, 0.1) is 21.3 Å². The maximum atomic E-state index is 10.9. The van der Waals surface area contributed by atoms with Crippen molar-refractivity contribution in [3.05, 3.63) is 76.3 Å². The normalized spacial score (nSPS) is 10.7. The van der Waals surface area contributed by atoms with Gasteiger partial charge in [-0.2, -0.15) is 0 Å². The first-order valence-corrected chi connectivity index (χ1v) is 8.40. The minimum atomic E-state index is -0.429. The molecule has 0 saturated carbocycles. The fourth-order valence-corrected chi connectivity index (χ4v) is 3.41. The lowest BCUT2D eigenvalue weighted by molar-refractivity contribution is -0.384. The van der Waals surface area contributed by atoms with E-state index < -0.39 is 4.92 Å². The van der Waals surface area contributed by atoms with Gasteiger partial charge in [0.1, 0.15) is 0 Å². The second-order valence-electron chi connectivity index (χ2n) is 5.35. The van der Waals surface area contributed by atoms with Crippen LogP contribution in [0.1, 0.15) is 0 Å². The molecule has 2 heterocycles. The standard InChI is InChI=1S/C18H12N4O2S/c23-22(24)14-8-4-7-13(9-14)20-18-19-10-16-17(21-18)15(11-25-16)12-5-2-1-3-6-12/h1-11H,(H,19,20,21). The van der Waals surface area contributed by atoms with Gasteiger partial charge in [-0.25, -0.2) is 9.97 Å². The third-order valence-electron chi connectivity index (χ3n) is 3.71. The van der Waals surface area contributed by atoms with Crippen molar-refractivity contribution >= 4 is 38.9 Å². The highest BCUT2D eigenvalue weighted by atomic mass is 32.1. The Hall–Kier alpha value is -3.32. The van der Waals surface area contributed by atoms with E-state index >= 15 is 0 Å². The Bertz CT molecular complexity index is 1060. The first kappa shape index (κ1) is 15.2. The van der Waals surface area contributed by atoms with Crippen LogP contribution in [-0.2, 0) is 0 Å². The van der Waals surface area contributed by atoms with Gasteiger partial charge in [0.2, 0.25) is 5.95 Å². The average molecular weight is 348 g/mol. The number of non-ortho nitro benzene ring substituents is 1. The molecule has 0 aliphatic rings. The van der Waals surface area contributed by atoms with E-state index in [2.05, 4.69) is 20.7 Å². The molecule has 0 amide bonds. The summed E-state index contributed by atoms with van der Waals surface area (Å²) in [6, 6.07) is 16.3. The molecule has 0 spiro atoms. The second kappa shape index (κ2) is 6.29. The molecule has 0 atom stereocenters. The SMILES string of the molecule is O=[N+]([O-])c1cccc(Nc2ncc3scc(-c4ccccc4)c3n2)c1. The molecule has 7 heteroatoms. The van der Waals surface area contributed by atoms with E-state index in [0.29, 0.717) is 11.6 Å². The van der Waals surface area contributed by atoms with Crippen LogP contribution < -0.4 is 5.32 Å². The van der Waals surface area contributed by atoms with Gasteiger partial charge in [0.15, 0.2) is 0 Å². The zero-order valence-electron chi connectivity index (χ0n) is 12.9. The monoisotopic (exact) mass is 348 g/mol. The Labute approximate surface area is 147 Å². The van der Waals surface area contributed by atoms with Crippen LogP contribution in [0.5, 0.6) is 0 Å². The summed E-state index contributed by atoms with van der Waals surface area (Å²) in [6.07, 6.45) is 1.76. The van der Waals surface area contributed by atoms with Crippen molar-refractivity contribution in [3.63, 3.8) is 0 Å². The Balaban J connectivity index is 1.72. The quantitative estimate of drug-likeness (QED) is 0.414. The molecule has 0 bridgehead atoms. The van der Waals surface area contributed by atoms with Crippen molar-refractivity contribution in [1.82, 2.24) is 9.97 Å². The number of thiophene rings is 1. The van der Waals surface area contributed by atoms with Crippen molar-refractivity contribution in [2.75, 3.05) is 5.32 Å². The minimum absolute atomic E-state index is 0.0200. The maximum absolute atomic E-state index is 10.9. The van der Waals surface area contributed by atoms with Crippen LogP contribution in [-0.4, -0.2) is 14.9 Å². The van der Waals surface area contributed by atoms with Crippen molar-refractivity contribution < 1.29 is 4.92 Å². The molecule has 0 aliphatic heterocycles. The van der Waals surface area contributed by atoms with Crippen LogP contribution in [0, 0.1) is 10.1 Å². The number of rotatable bonds is 4. The van der Waals surface area contributed by atoms with Gasteiger partial charge in [0.25, 0.3) is 5.69 Å². The molecule has 2 aromatic carbocycles. The van der Waals surface area contributed by atoms with E-state index in [1.54, 1.807) is 29.7 Å². The zero-order chi connectivity index (χ0) is 17.2. The first-order valence-electron chi connectivity index (χ1n) is 7.52. The molecule has 6 nitrogen and oxygen atoms in total. The lowest BCUT2D eigenvalue weighted by Gasteiger charge is -2.05. The minimum Gasteiger partial charge on any atom is -0.324 e. The Kier molecular flexibility index (Phi) is 3.83. The van der Waals surface area contributed by atoms with E-state index in [0.717, 1.165) is 21.3 Å². The third kappa shape index (κ3) is 3.05. The number of hydrogen-bond acceptors (Lipinski definition) is 6. The largest absolute Gasteiger partial charge is 0.324 e. The summed E-state index contributed by atoms with van der Waals surface area (Å²) in [6.45, 7) is 0. The highest BCUT2D eigenvalue weighted by Gasteiger charge is 2.11. The van der Waals surface area contributed by atoms with Crippen LogP contribution in [0.15, 0.2) is 66.2 Å². The van der Waals surface area contributed by atoms with Crippen molar-refractivity contribution in [3.8, 4) is 11.1 Å². The van der Waals surface area contributed by atoms with E-state index in [-0.39, 0.29) is 5.69 Å². The van der Waals surface area contributed by atoms with Gasteiger partial charge in [0, 0.05) is 28.8 Å². The van der Waals surface area contributed by atoms with E-state index in [9.17, 15) is 10.1 Å².